The van der Waals surface area contributed by atoms with Crippen molar-refractivity contribution >= 4 is 9.84 Å². The molecule has 1 aliphatic carbocycles. The summed E-state index contributed by atoms with van der Waals surface area (Å²) in [4.78, 5) is 2.37. The van der Waals surface area contributed by atoms with Crippen LogP contribution in [0.2, 0.25) is 0 Å². The highest BCUT2D eigenvalue weighted by molar-refractivity contribution is 7.91. The van der Waals surface area contributed by atoms with Crippen LogP contribution in [0.5, 0.6) is 0 Å². The number of sulfone groups is 1. The molecule has 76 valence electrons. The Balaban J connectivity index is 1.90. The Bertz CT molecular complexity index is 253. The summed E-state index contributed by atoms with van der Waals surface area (Å²) in [6, 6.07) is 0.690. The molecule has 2 aliphatic rings. The second-order valence-electron chi connectivity index (χ2n) is 4.13. The van der Waals surface area contributed by atoms with Crippen LogP contribution in [0, 0.1) is 0 Å². The quantitative estimate of drug-likeness (QED) is 0.628. The van der Waals surface area contributed by atoms with Crippen molar-refractivity contribution in [1.29, 1.82) is 0 Å². The Labute approximate surface area is 80.0 Å². The van der Waals surface area contributed by atoms with Crippen molar-refractivity contribution in [2.45, 2.75) is 31.7 Å². The molecule has 2 rings (SSSR count). The molecule has 0 aromatic rings. The molecule has 0 radical (unpaired) electrons. The minimum absolute atomic E-state index is 0.378. The SMILES string of the molecule is O=S1(=O)CCN(C2CCCC2)CC1. The molecule has 1 saturated heterocycles. The first kappa shape index (κ1) is 9.46. The molecule has 1 saturated carbocycles. The first-order chi connectivity index (χ1) is 6.17. The maximum atomic E-state index is 11.2. The van der Waals surface area contributed by atoms with Gasteiger partial charge in [-0.25, -0.2) is 8.42 Å². The van der Waals surface area contributed by atoms with Crippen molar-refractivity contribution in [3.63, 3.8) is 0 Å². The van der Waals surface area contributed by atoms with Gasteiger partial charge in [0.15, 0.2) is 9.84 Å². The molecule has 0 unspecified atom stereocenters. The van der Waals surface area contributed by atoms with Crippen molar-refractivity contribution in [3.05, 3.63) is 0 Å². The third-order valence-corrected chi connectivity index (χ3v) is 4.83. The van der Waals surface area contributed by atoms with Gasteiger partial charge >= 0.3 is 0 Å². The van der Waals surface area contributed by atoms with Gasteiger partial charge in [-0.05, 0) is 12.8 Å². The van der Waals surface area contributed by atoms with Crippen molar-refractivity contribution < 1.29 is 8.42 Å². The summed E-state index contributed by atoms with van der Waals surface area (Å²) >= 11 is 0. The fraction of sp³-hybridized carbons (Fsp3) is 1.00. The van der Waals surface area contributed by atoms with E-state index in [1.165, 1.54) is 25.7 Å². The van der Waals surface area contributed by atoms with Crippen LogP contribution in [0.3, 0.4) is 0 Å². The van der Waals surface area contributed by atoms with E-state index in [0.29, 0.717) is 17.5 Å². The Hall–Kier alpha value is -0.0900. The van der Waals surface area contributed by atoms with Gasteiger partial charge in [-0.2, -0.15) is 0 Å². The fourth-order valence-corrected chi connectivity index (χ4v) is 3.59. The summed E-state index contributed by atoms with van der Waals surface area (Å²) in [7, 11) is -2.69. The summed E-state index contributed by atoms with van der Waals surface area (Å²) in [5, 5.41) is 0. The smallest absolute Gasteiger partial charge is 0.152 e. The average molecular weight is 203 g/mol. The summed E-state index contributed by atoms with van der Waals surface area (Å²) in [6.45, 7) is 1.54. The van der Waals surface area contributed by atoms with Gasteiger partial charge in [0.05, 0.1) is 11.5 Å². The molecular formula is C9H17NO2S. The Morgan fingerprint density at radius 2 is 1.54 bits per heavy atom. The molecule has 0 amide bonds. The molecule has 0 spiro atoms. The second kappa shape index (κ2) is 3.58. The summed E-state index contributed by atoms with van der Waals surface area (Å²) in [6.07, 6.45) is 5.21. The van der Waals surface area contributed by atoms with Gasteiger partial charge in [-0.1, -0.05) is 12.8 Å². The topological polar surface area (TPSA) is 37.4 Å². The first-order valence-corrected chi connectivity index (χ1v) is 6.94. The highest BCUT2D eigenvalue weighted by Gasteiger charge is 2.28. The van der Waals surface area contributed by atoms with Crippen LogP contribution in [-0.2, 0) is 9.84 Å². The molecule has 1 heterocycles. The average Bonchev–Trinajstić information content (AvgIpc) is 2.56. The van der Waals surface area contributed by atoms with E-state index in [2.05, 4.69) is 4.90 Å². The van der Waals surface area contributed by atoms with Crippen molar-refractivity contribution in [3.8, 4) is 0 Å². The Morgan fingerprint density at radius 1 is 1.00 bits per heavy atom. The summed E-state index contributed by atoms with van der Waals surface area (Å²) in [5.74, 6) is 0.757. The largest absolute Gasteiger partial charge is 0.298 e. The van der Waals surface area contributed by atoms with Gasteiger partial charge < -0.3 is 0 Å². The maximum Gasteiger partial charge on any atom is 0.152 e. The van der Waals surface area contributed by atoms with Gasteiger partial charge in [0.25, 0.3) is 0 Å². The van der Waals surface area contributed by atoms with Crippen LogP contribution >= 0.6 is 0 Å². The van der Waals surface area contributed by atoms with Crippen LogP contribution in [0.1, 0.15) is 25.7 Å². The van der Waals surface area contributed by atoms with Gasteiger partial charge in [-0.3, -0.25) is 4.90 Å². The van der Waals surface area contributed by atoms with Crippen molar-refractivity contribution in [1.82, 2.24) is 4.90 Å². The number of rotatable bonds is 1. The molecule has 2 fully saturated rings. The van der Waals surface area contributed by atoms with Crippen LogP contribution in [0.25, 0.3) is 0 Å². The van der Waals surface area contributed by atoms with E-state index in [1.54, 1.807) is 0 Å². The van der Waals surface area contributed by atoms with E-state index < -0.39 is 9.84 Å². The molecule has 0 N–H and O–H groups in total. The van der Waals surface area contributed by atoms with Gasteiger partial charge in [0, 0.05) is 19.1 Å². The Kier molecular flexibility index (Phi) is 2.60. The van der Waals surface area contributed by atoms with Crippen LogP contribution in [0.4, 0.5) is 0 Å². The maximum absolute atomic E-state index is 11.2. The van der Waals surface area contributed by atoms with Crippen molar-refractivity contribution in [2.24, 2.45) is 0 Å². The predicted molar refractivity (Wildman–Crippen MR) is 52.5 cm³/mol. The second-order valence-corrected chi connectivity index (χ2v) is 6.43. The molecule has 0 bridgehead atoms. The van der Waals surface area contributed by atoms with Gasteiger partial charge in [0.1, 0.15) is 0 Å². The van der Waals surface area contributed by atoms with E-state index in [9.17, 15) is 8.42 Å². The molecule has 4 heteroatoms. The van der Waals surface area contributed by atoms with E-state index in [4.69, 9.17) is 0 Å². The lowest BCUT2D eigenvalue weighted by molar-refractivity contribution is 0.215. The van der Waals surface area contributed by atoms with Gasteiger partial charge in [-0.15, -0.1) is 0 Å². The lowest BCUT2D eigenvalue weighted by atomic mass is 10.2. The van der Waals surface area contributed by atoms with E-state index >= 15 is 0 Å². The zero-order chi connectivity index (χ0) is 9.31. The molecule has 0 atom stereocenters. The molecule has 13 heavy (non-hydrogen) atoms. The highest BCUT2D eigenvalue weighted by atomic mass is 32.2. The number of hydrogen-bond donors (Lipinski definition) is 0. The third-order valence-electron chi connectivity index (χ3n) is 3.22. The van der Waals surface area contributed by atoms with E-state index in [1.807, 2.05) is 0 Å². The molecule has 0 aromatic carbocycles. The number of hydrogen-bond acceptors (Lipinski definition) is 3. The standard InChI is InChI=1S/C9H17NO2S/c11-13(12)7-5-10(6-8-13)9-3-1-2-4-9/h9H,1-8H2. The fourth-order valence-electron chi connectivity index (χ4n) is 2.36. The summed E-state index contributed by atoms with van der Waals surface area (Å²) < 4.78 is 22.4. The van der Waals surface area contributed by atoms with Crippen LogP contribution < -0.4 is 0 Å². The predicted octanol–water partition coefficient (Wildman–Crippen LogP) is 0.659. The highest BCUT2D eigenvalue weighted by Crippen LogP contribution is 2.24. The molecule has 3 nitrogen and oxygen atoms in total. The molecule has 0 aromatic heterocycles. The first-order valence-electron chi connectivity index (χ1n) is 5.12. The lowest BCUT2D eigenvalue weighted by Gasteiger charge is -2.31. The van der Waals surface area contributed by atoms with Gasteiger partial charge in [0.2, 0.25) is 0 Å². The lowest BCUT2D eigenvalue weighted by Crippen LogP contribution is -2.44. The normalized spacial score (nSPS) is 30.8. The monoisotopic (exact) mass is 203 g/mol. The van der Waals surface area contributed by atoms with Crippen LogP contribution in [-0.4, -0.2) is 44.0 Å². The zero-order valence-electron chi connectivity index (χ0n) is 7.91. The van der Waals surface area contributed by atoms with E-state index in [-0.39, 0.29) is 0 Å². The molecular weight excluding hydrogens is 186 g/mol. The number of nitrogens with zero attached hydrogens (tertiary/aromatic N) is 1. The minimum Gasteiger partial charge on any atom is -0.298 e. The van der Waals surface area contributed by atoms with Crippen molar-refractivity contribution in [2.75, 3.05) is 24.6 Å². The Morgan fingerprint density at radius 3 is 2.08 bits per heavy atom. The zero-order valence-corrected chi connectivity index (χ0v) is 8.72. The van der Waals surface area contributed by atoms with E-state index in [0.717, 1.165) is 13.1 Å². The third kappa shape index (κ3) is 2.23. The summed E-state index contributed by atoms with van der Waals surface area (Å²) in [5.41, 5.74) is 0. The minimum atomic E-state index is -2.69. The molecule has 1 aliphatic heterocycles. The van der Waals surface area contributed by atoms with Crippen LogP contribution in [0.15, 0.2) is 0 Å².